The van der Waals surface area contributed by atoms with Crippen LogP contribution in [0.15, 0.2) is 48.8 Å². The molecule has 0 unspecified atom stereocenters. The van der Waals surface area contributed by atoms with Gasteiger partial charge >= 0.3 is 5.97 Å². The molecule has 0 saturated heterocycles. The molecule has 1 N–H and O–H groups in total. The first kappa shape index (κ1) is 13.2. The van der Waals surface area contributed by atoms with Gasteiger partial charge in [-0.3, -0.25) is 4.79 Å². The highest BCUT2D eigenvalue weighted by molar-refractivity contribution is 5.71. The highest BCUT2D eigenvalue weighted by atomic mass is 16.5. The topological polar surface area (TPSA) is 63.8 Å². The number of aromatic nitrogens is 2. The van der Waals surface area contributed by atoms with Crippen LogP contribution in [-0.2, 0) is 11.2 Å². The average molecular weight is 282 g/mol. The average Bonchev–Trinajstić information content (AvgIpc) is 2.90. The Morgan fingerprint density at radius 2 is 2.05 bits per heavy atom. The molecule has 3 rings (SSSR count). The van der Waals surface area contributed by atoms with Crippen LogP contribution in [0.1, 0.15) is 5.56 Å². The van der Waals surface area contributed by atoms with Crippen molar-refractivity contribution in [2.75, 3.05) is 7.11 Å². The quantitative estimate of drug-likeness (QED) is 0.799. The van der Waals surface area contributed by atoms with Gasteiger partial charge in [0.25, 0.3) is 0 Å². The molecular weight excluding hydrogens is 268 g/mol. The Morgan fingerprint density at radius 3 is 2.71 bits per heavy atom. The molecule has 0 aliphatic carbocycles. The first-order valence-corrected chi connectivity index (χ1v) is 6.49. The SMILES string of the molecule is COc1ccn2cc(-c3ccc(CC(=O)O)cc3)nc2c1. The number of methoxy groups -OCH3 is 1. The second kappa shape index (κ2) is 5.28. The molecule has 0 spiro atoms. The van der Waals surface area contributed by atoms with Gasteiger partial charge in [-0.05, 0) is 11.6 Å². The van der Waals surface area contributed by atoms with Crippen LogP contribution in [0.5, 0.6) is 5.75 Å². The zero-order valence-corrected chi connectivity index (χ0v) is 11.5. The third-order valence-electron chi connectivity index (χ3n) is 3.27. The van der Waals surface area contributed by atoms with E-state index in [4.69, 9.17) is 9.84 Å². The molecular formula is C16H14N2O3. The van der Waals surface area contributed by atoms with Crippen LogP contribution in [0.25, 0.3) is 16.9 Å². The Bertz CT molecular complexity index is 791. The smallest absolute Gasteiger partial charge is 0.307 e. The molecule has 0 aliphatic heterocycles. The molecule has 0 bridgehead atoms. The minimum absolute atomic E-state index is 0.0304. The van der Waals surface area contributed by atoms with E-state index in [9.17, 15) is 4.79 Å². The monoisotopic (exact) mass is 282 g/mol. The first-order chi connectivity index (χ1) is 10.2. The molecule has 0 atom stereocenters. The van der Waals surface area contributed by atoms with Gasteiger partial charge in [0, 0.05) is 24.0 Å². The number of fused-ring (bicyclic) bond motifs is 1. The maximum Gasteiger partial charge on any atom is 0.307 e. The summed E-state index contributed by atoms with van der Waals surface area (Å²) >= 11 is 0. The van der Waals surface area contributed by atoms with Gasteiger partial charge in [-0.2, -0.15) is 0 Å². The molecule has 106 valence electrons. The van der Waals surface area contributed by atoms with Crippen LogP contribution in [0.4, 0.5) is 0 Å². The van der Waals surface area contributed by atoms with Crippen molar-refractivity contribution in [2.24, 2.45) is 0 Å². The minimum Gasteiger partial charge on any atom is -0.497 e. The number of carbonyl (C=O) groups is 1. The van der Waals surface area contributed by atoms with E-state index < -0.39 is 5.97 Å². The van der Waals surface area contributed by atoms with Gasteiger partial charge in [0.1, 0.15) is 11.4 Å². The maximum atomic E-state index is 10.7. The molecule has 0 aliphatic rings. The standard InChI is InChI=1S/C16H14N2O3/c1-21-13-6-7-18-10-14(17-15(18)9-13)12-4-2-11(3-5-12)8-16(19)20/h2-7,9-10H,8H2,1H3,(H,19,20). The van der Waals surface area contributed by atoms with Gasteiger partial charge in [0.15, 0.2) is 0 Å². The fourth-order valence-electron chi connectivity index (χ4n) is 2.20. The number of nitrogens with zero attached hydrogens (tertiary/aromatic N) is 2. The Kier molecular flexibility index (Phi) is 3.31. The van der Waals surface area contributed by atoms with Crippen molar-refractivity contribution in [1.82, 2.24) is 9.38 Å². The number of hydrogen-bond acceptors (Lipinski definition) is 3. The van der Waals surface area contributed by atoms with Crippen LogP contribution >= 0.6 is 0 Å². The number of ether oxygens (including phenoxy) is 1. The molecule has 0 fully saturated rings. The minimum atomic E-state index is -0.831. The van der Waals surface area contributed by atoms with Crippen molar-refractivity contribution in [2.45, 2.75) is 6.42 Å². The largest absolute Gasteiger partial charge is 0.497 e. The highest BCUT2D eigenvalue weighted by Crippen LogP contribution is 2.22. The first-order valence-electron chi connectivity index (χ1n) is 6.49. The van der Waals surface area contributed by atoms with Crippen LogP contribution < -0.4 is 4.74 Å². The maximum absolute atomic E-state index is 10.7. The lowest BCUT2D eigenvalue weighted by atomic mass is 10.1. The number of carboxylic acids is 1. The van der Waals surface area contributed by atoms with Crippen molar-refractivity contribution < 1.29 is 14.6 Å². The van der Waals surface area contributed by atoms with Crippen molar-refractivity contribution in [1.29, 1.82) is 0 Å². The number of hydrogen-bond donors (Lipinski definition) is 1. The lowest BCUT2D eigenvalue weighted by Gasteiger charge is -1.99. The summed E-state index contributed by atoms with van der Waals surface area (Å²) in [5.41, 5.74) is 3.37. The zero-order valence-electron chi connectivity index (χ0n) is 11.5. The summed E-state index contributed by atoms with van der Waals surface area (Å²) in [7, 11) is 1.62. The van der Waals surface area contributed by atoms with Crippen LogP contribution in [0, 0.1) is 0 Å². The number of benzene rings is 1. The Morgan fingerprint density at radius 1 is 1.29 bits per heavy atom. The second-order valence-corrected chi connectivity index (χ2v) is 4.73. The molecule has 21 heavy (non-hydrogen) atoms. The summed E-state index contributed by atoms with van der Waals surface area (Å²) in [5, 5.41) is 8.77. The molecule has 2 aromatic heterocycles. The molecule has 1 aromatic carbocycles. The summed E-state index contributed by atoms with van der Waals surface area (Å²) in [4.78, 5) is 15.2. The highest BCUT2D eigenvalue weighted by Gasteiger charge is 2.06. The molecule has 5 nitrogen and oxygen atoms in total. The Hall–Kier alpha value is -2.82. The fourth-order valence-corrected chi connectivity index (χ4v) is 2.20. The van der Waals surface area contributed by atoms with Gasteiger partial charge < -0.3 is 14.2 Å². The Labute approximate surface area is 121 Å². The van der Waals surface area contributed by atoms with Crippen molar-refractivity contribution >= 4 is 11.6 Å². The van der Waals surface area contributed by atoms with E-state index in [2.05, 4.69) is 4.98 Å². The lowest BCUT2D eigenvalue weighted by Crippen LogP contribution is -1.99. The lowest BCUT2D eigenvalue weighted by molar-refractivity contribution is -0.136. The second-order valence-electron chi connectivity index (χ2n) is 4.73. The summed E-state index contributed by atoms with van der Waals surface area (Å²) in [6.45, 7) is 0. The van der Waals surface area contributed by atoms with E-state index in [1.54, 1.807) is 7.11 Å². The van der Waals surface area contributed by atoms with Gasteiger partial charge in [-0.1, -0.05) is 24.3 Å². The van der Waals surface area contributed by atoms with Crippen molar-refractivity contribution in [3.63, 3.8) is 0 Å². The summed E-state index contributed by atoms with van der Waals surface area (Å²) in [6, 6.07) is 11.1. The molecule has 5 heteroatoms. The van der Waals surface area contributed by atoms with Crippen LogP contribution in [-0.4, -0.2) is 27.6 Å². The van der Waals surface area contributed by atoms with Gasteiger partial charge in [-0.25, -0.2) is 4.98 Å². The number of pyridine rings is 1. The number of imidazole rings is 1. The fraction of sp³-hybridized carbons (Fsp3) is 0.125. The van der Waals surface area contributed by atoms with E-state index in [0.717, 1.165) is 28.2 Å². The molecule has 2 heterocycles. The van der Waals surface area contributed by atoms with Crippen LogP contribution in [0.2, 0.25) is 0 Å². The molecule has 0 radical (unpaired) electrons. The Balaban J connectivity index is 1.94. The molecule has 3 aromatic rings. The van der Waals surface area contributed by atoms with Crippen molar-refractivity contribution in [3.05, 3.63) is 54.4 Å². The number of aliphatic carboxylic acids is 1. The molecule has 0 amide bonds. The number of rotatable bonds is 4. The van der Waals surface area contributed by atoms with E-state index >= 15 is 0 Å². The zero-order chi connectivity index (χ0) is 14.8. The van der Waals surface area contributed by atoms with E-state index in [1.165, 1.54) is 0 Å². The van der Waals surface area contributed by atoms with Crippen LogP contribution in [0.3, 0.4) is 0 Å². The predicted molar refractivity (Wildman–Crippen MR) is 78.5 cm³/mol. The van der Waals surface area contributed by atoms with Gasteiger partial charge in [-0.15, -0.1) is 0 Å². The predicted octanol–water partition coefficient (Wildman–Crippen LogP) is 2.64. The number of carboxylic acid groups (broad SMARTS) is 1. The molecule has 0 saturated carbocycles. The normalized spacial score (nSPS) is 10.7. The summed E-state index contributed by atoms with van der Waals surface area (Å²) < 4.78 is 7.10. The van der Waals surface area contributed by atoms with E-state index in [-0.39, 0.29) is 6.42 Å². The summed E-state index contributed by atoms with van der Waals surface area (Å²) in [6.07, 6.45) is 3.85. The van der Waals surface area contributed by atoms with Gasteiger partial charge in [0.05, 0.1) is 19.2 Å². The van der Waals surface area contributed by atoms with E-state index in [0.29, 0.717) is 0 Å². The van der Waals surface area contributed by atoms with E-state index in [1.807, 2.05) is 53.2 Å². The van der Waals surface area contributed by atoms with Crippen molar-refractivity contribution in [3.8, 4) is 17.0 Å². The third-order valence-corrected chi connectivity index (χ3v) is 3.27. The van der Waals surface area contributed by atoms with Gasteiger partial charge in [0.2, 0.25) is 0 Å². The third kappa shape index (κ3) is 2.72. The summed E-state index contributed by atoms with van der Waals surface area (Å²) in [5.74, 6) is -0.0703.